The SMILES string of the molecule is CCOC(=O)C1CCN(c2nc[nH]c(=O)c2OC)CC1. The third kappa shape index (κ3) is 2.92. The number of nitrogens with zero attached hydrogens (tertiary/aromatic N) is 2. The molecule has 2 heterocycles. The largest absolute Gasteiger partial charge is 0.489 e. The zero-order valence-electron chi connectivity index (χ0n) is 11.7. The molecule has 1 N–H and O–H groups in total. The topological polar surface area (TPSA) is 84.5 Å². The van der Waals surface area contributed by atoms with Gasteiger partial charge in [0.15, 0.2) is 5.82 Å². The standard InChI is InChI=1S/C13H19N3O4/c1-3-20-13(18)9-4-6-16(7-5-9)11-10(19-2)12(17)15-8-14-11/h8-9H,3-7H2,1-2H3,(H,14,15,17). The lowest BCUT2D eigenvalue weighted by Gasteiger charge is -2.32. The van der Waals surface area contributed by atoms with Crippen molar-refractivity contribution in [3.05, 3.63) is 16.7 Å². The number of esters is 1. The van der Waals surface area contributed by atoms with Gasteiger partial charge in [-0.3, -0.25) is 9.59 Å². The fourth-order valence-electron chi connectivity index (χ4n) is 2.37. The van der Waals surface area contributed by atoms with Gasteiger partial charge in [-0.25, -0.2) is 4.98 Å². The Hall–Kier alpha value is -2.05. The van der Waals surface area contributed by atoms with E-state index in [-0.39, 0.29) is 23.2 Å². The van der Waals surface area contributed by atoms with Crippen molar-refractivity contribution in [3.8, 4) is 5.75 Å². The molecule has 7 heteroatoms. The highest BCUT2D eigenvalue weighted by Crippen LogP contribution is 2.26. The minimum absolute atomic E-state index is 0.0702. The summed E-state index contributed by atoms with van der Waals surface area (Å²) in [4.78, 5) is 31.9. The van der Waals surface area contributed by atoms with Gasteiger partial charge in [0.25, 0.3) is 5.56 Å². The van der Waals surface area contributed by atoms with Gasteiger partial charge >= 0.3 is 5.97 Å². The zero-order valence-corrected chi connectivity index (χ0v) is 11.7. The fourth-order valence-corrected chi connectivity index (χ4v) is 2.37. The molecule has 1 aliphatic heterocycles. The van der Waals surface area contributed by atoms with Gasteiger partial charge in [0.2, 0.25) is 5.75 Å². The van der Waals surface area contributed by atoms with E-state index in [4.69, 9.17) is 9.47 Å². The molecule has 0 aliphatic carbocycles. The molecule has 0 radical (unpaired) electrons. The summed E-state index contributed by atoms with van der Waals surface area (Å²) in [5.41, 5.74) is -0.301. The summed E-state index contributed by atoms with van der Waals surface area (Å²) in [7, 11) is 1.45. The van der Waals surface area contributed by atoms with Crippen molar-refractivity contribution in [3.63, 3.8) is 0 Å². The first-order valence-electron chi connectivity index (χ1n) is 6.70. The van der Waals surface area contributed by atoms with Gasteiger partial charge in [-0.2, -0.15) is 0 Å². The molecule has 20 heavy (non-hydrogen) atoms. The Bertz CT molecular complexity index is 521. The van der Waals surface area contributed by atoms with Gasteiger partial charge in [-0.15, -0.1) is 0 Å². The smallest absolute Gasteiger partial charge is 0.309 e. The first-order valence-corrected chi connectivity index (χ1v) is 6.70. The molecular weight excluding hydrogens is 262 g/mol. The Morgan fingerprint density at radius 1 is 1.50 bits per heavy atom. The molecule has 0 aromatic carbocycles. The van der Waals surface area contributed by atoms with E-state index in [2.05, 4.69) is 9.97 Å². The molecule has 1 saturated heterocycles. The van der Waals surface area contributed by atoms with Crippen LogP contribution in [-0.2, 0) is 9.53 Å². The van der Waals surface area contributed by atoms with Crippen molar-refractivity contribution < 1.29 is 14.3 Å². The highest BCUT2D eigenvalue weighted by molar-refractivity contribution is 5.73. The molecule has 110 valence electrons. The molecule has 1 fully saturated rings. The van der Waals surface area contributed by atoms with E-state index in [0.717, 1.165) is 0 Å². The molecule has 1 aromatic heterocycles. The van der Waals surface area contributed by atoms with E-state index in [0.29, 0.717) is 38.4 Å². The summed E-state index contributed by atoms with van der Waals surface area (Å²) in [6, 6.07) is 0. The fraction of sp³-hybridized carbons (Fsp3) is 0.615. The molecular formula is C13H19N3O4. The normalized spacial score (nSPS) is 16.0. The lowest BCUT2D eigenvalue weighted by molar-refractivity contribution is -0.148. The number of hydrogen-bond acceptors (Lipinski definition) is 6. The summed E-state index contributed by atoms with van der Waals surface area (Å²) in [5, 5.41) is 0. The average molecular weight is 281 g/mol. The number of ether oxygens (including phenoxy) is 2. The minimum Gasteiger partial charge on any atom is -0.489 e. The summed E-state index contributed by atoms with van der Waals surface area (Å²) in [5.74, 6) is 0.526. The van der Waals surface area contributed by atoms with Crippen LogP contribution in [0.25, 0.3) is 0 Å². The van der Waals surface area contributed by atoms with Gasteiger partial charge in [-0.1, -0.05) is 0 Å². The van der Waals surface area contributed by atoms with Crippen molar-refractivity contribution in [2.24, 2.45) is 5.92 Å². The first-order chi connectivity index (χ1) is 9.67. The van der Waals surface area contributed by atoms with Crippen molar-refractivity contribution in [2.75, 3.05) is 31.7 Å². The summed E-state index contributed by atoms with van der Waals surface area (Å²) in [6.45, 7) is 3.51. The Morgan fingerprint density at radius 2 is 2.20 bits per heavy atom. The Kier molecular flexibility index (Phi) is 4.60. The number of hydrogen-bond donors (Lipinski definition) is 1. The van der Waals surface area contributed by atoms with E-state index in [1.807, 2.05) is 4.90 Å². The third-order valence-corrected chi connectivity index (χ3v) is 3.41. The monoisotopic (exact) mass is 281 g/mol. The maximum Gasteiger partial charge on any atom is 0.309 e. The molecule has 1 aromatic rings. The number of aromatic amines is 1. The highest BCUT2D eigenvalue weighted by Gasteiger charge is 2.28. The predicted octanol–water partition coefficient (Wildman–Crippen LogP) is 0.558. The second-order valence-corrected chi connectivity index (χ2v) is 4.60. The van der Waals surface area contributed by atoms with Gasteiger partial charge in [0, 0.05) is 13.1 Å². The van der Waals surface area contributed by atoms with Crippen LogP contribution in [0.3, 0.4) is 0 Å². The van der Waals surface area contributed by atoms with E-state index >= 15 is 0 Å². The summed E-state index contributed by atoms with van der Waals surface area (Å²) < 4.78 is 10.1. The highest BCUT2D eigenvalue weighted by atomic mass is 16.5. The molecule has 1 aliphatic rings. The Labute approximate surface area is 116 Å². The number of carbonyl (C=O) groups is 1. The van der Waals surface area contributed by atoms with Gasteiger partial charge in [0.05, 0.1) is 26.0 Å². The number of nitrogens with one attached hydrogen (secondary N) is 1. The zero-order chi connectivity index (χ0) is 14.5. The van der Waals surface area contributed by atoms with Crippen molar-refractivity contribution in [1.29, 1.82) is 0 Å². The second-order valence-electron chi connectivity index (χ2n) is 4.60. The molecule has 0 unspecified atom stereocenters. The van der Waals surface area contributed by atoms with E-state index in [1.54, 1.807) is 6.92 Å². The van der Waals surface area contributed by atoms with Crippen LogP contribution in [0.15, 0.2) is 11.1 Å². The second kappa shape index (κ2) is 6.40. The van der Waals surface area contributed by atoms with E-state index in [9.17, 15) is 9.59 Å². The number of anilines is 1. The molecule has 0 spiro atoms. The third-order valence-electron chi connectivity index (χ3n) is 3.41. The maximum atomic E-state index is 11.7. The average Bonchev–Trinajstić information content (AvgIpc) is 2.47. The van der Waals surface area contributed by atoms with Crippen LogP contribution in [0, 0.1) is 5.92 Å². The predicted molar refractivity (Wildman–Crippen MR) is 73.0 cm³/mol. The maximum absolute atomic E-state index is 11.7. The number of rotatable bonds is 4. The lowest BCUT2D eigenvalue weighted by atomic mass is 9.97. The van der Waals surface area contributed by atoms with Crippen LogP contribution in [0.2, 0.25) is 0 Å². The van der Waals surface area contributed by atoms with Gasteiger partial charge < -0.3 is 19.4 Å². The van der Waals surface area contributed by atoms with Crippen LogP contribution < -0.4 is 15.2 Å². The number of carbonyl (C=O) groups excluding carboxylic acids is 1. The minimum atomic E-state index is -0.301. The van der Waals surface area contributed by atoms with E-state index in [1.165, 1.54) is 13.4 Å². The van der Waals surface area contributed by atoms with Crippen LogP contribution in [0.1, 0.15) is 19.8 Å². The molecule has 0 amide bonds. The Balaban J connectivity index is 2.06. The van der Waals surface area contributed by atoms with Gasteiger partial charge in [-0.05, 0) is 19.8 Å². The van der Waals surface area contributed by atoms with Crippen molar-refractivity contribution in [2.45, 2.75) is 19.8 Å². The molecule has 0 atom stereocenters. The van der Waals surface area contributed by atoms with Crippen molar-refractivity contribution in [1.82, 2.24) is 9.97 Å². The van der Waals surface area contributed by atoms with Crippen LogP contribution in [-0.4, -0.2) is 42.7 Å². The number of H-pyrrole nitrogens is 1. The molecule has 0 saturated carbocycles. The number of aromatic nitrogens is 2. The molecule has 0 bridgehead atoms. The quantitative estimate of drug-likeness (QED) is 0.812. The van der Waals surface area contributed by atoms with Crippen LogP contribution in [0.4, 0.5) is 5.82 Å². The van der Waals surface area contributed by atoms with Gasteiger partial charge in [0.1, 0.15) is 0 Å². The van der Waals surface area contributed by atoms with E-state index < -0.39 is 0 Å². The summed E-state index contributed by atoms with van der Waals surface area (Å²) in [6.07, 6.45) is 2.74. The first kappa shape index (κ1) is 14.4. The van der Waals surface area contributed by atoms with Crippen LogP contribution >= 0.6 is 0 Å². The van der Waals surface area contributed by atoms with Crippen molar-refractivity contribution >= 4 is 11.8 Å². The van der Waals surface area contributed by atoms with Crippen LogP contribution in [0.5, 0.6) is 5.75 Å². The lowest BCUT2D eigenvalue weighted by Crippen LogP contribution is -2.38. The molecule has 2 rings (SSSR count). The summed E-state index contributed by atoms with van der Waals surface area (Å²) >= 11 is 0. The Morgan fingerprint density at radius 3 is 2.80 bits per heavy atom. The molecule has 7 nitrogen and oxygen atoms in total. The number of methoxy groups -OCH3 is 1. The number of piperidine rings is 1.